The molecule has 0 unspecified atom stereocenters. The average molecular weight is 517 g/mol. The summed E-state index contributed by atoms with van der Waals surface area (Å²) in [6.07, 6.45) is 1.28. The fourth-order valence-electron chi connectivity index (χ4n) is 2.96. The van der Waals surface area contributed by atoms with Gasteiger partial charge in [-0.2, -0.15) is 18.0 Å². The van der Waals surface area contributed by atoms with Crippen LogP contribution in [0.3, 0.4) is 0 Å². The monoisotopic (exact) mass is 517 g/mol. The van der Waals surface area contributed by atoms with E-state index in [1.165, 1.54) is 42.6 Å². The number of fused-ring (bicyclic) bond motifs is 1. The van der Waals surface area contributed by atoms with Crippen molar-refractivity contribution in [1.82, 2.24) is 44.9 Å². The summed E-state index contributed by atoms with van der Waals surface area (Å²) in [6, 6.07) is 1.89. The number of alkyl halides is 3. The summed E-state index contributed by atoms with van der Waals surface area (Å²) < 4.78 is 89.0. The first kappa shape index (κ1) is 23.6. The first-order valence-electron chi connectivity index (χ1n) is 9.25. The van der Waals surface area contributed by atoms with Crippen molar-refractivity contribution in [2.45, 2.75) is 22.4 Å². The van der Waals surface area contributed by atoms with Gasteiger partial charge in [0.05, 0.1) is 17.7 Å². The number of aryl methyl sites for hydroxylation is 2. The Labute approximate surface area is 189 Å². The zero-order valence-corrected chi connectivity index (χ0v) is 19.2. The van der Waals surface area contributed by atoms with Gasteiger partial charge >= 0.3 is 5.51 Å². The molecular formula is C16H14F3N9O4S2. The molecule has 0 aliphatic carbocycles. The fraction of sp³-hybridized carbons (Fsp3) is 0.312. The number of hydrogen-bond donors (Lipinski definition) is 0. The summed E-state index contributed by atoms with van der Waals surface area (Å²) in [6.45, 7) is 1.42. The van der Waals surface area contributed by atoms with E-state index in [1.54, 1.807) is 0 Å². The predicted octanol–water partition coefficient (Wildman–Crippen LogP) is 0.703. The number of nitrogens with zero attached hydrogens (tertiary/aromatic N) is 9. The Hall–Kier alpha value is -3.54. The van der Waals surface area contributed by atoms with Crippen LogP contribution in [0.1, 0.15) is 6.92 Å². The average Bonchev–Trinajstić information content (AvgIpc) is 3.35. The van der Waals surface area contributed by atoms with Crippen LogP contribution in [0.2, 0.25) is 0 Å². The van der Waals surface area contributed by atoms with Gasteiger partial charge in [-0.25, -0.2) is 21.8 Å². The summed E-state index contributed by atoms with van der Waals surface area (Å²) in [5.41, 5.74) is -5.80. The molecule has 4 heterocycles. The Morgan fingerprint density at radius 3 is 2.32 bits per heavy atom. The summed E-state index contributed by atoms with van der Waals surface area (Å²) in [7, 11) is -6.72. The third-order valence-corrected chi connectivity index (χ3v) is 7.82. The number of halogens is 3. The van der Waals surface area contributed by atoms with Crippen molar-refractivity contribution in [3.05, 3.63) is 18.3 Å². The third kappa shape index (κ3) is 3.77. The molecule has 4 rings (SSSR count). The molecule has 0 atom stereocenters. The van der Waals surface area contributed by atoms with Crippen molar-refractivity contribution in [2.75, 3.05) is 5.75 Å². The van der Waals surface area contributed by atoms with Gasteiger partial charge in [-0.1, -0.05) is 6.92 Å². The lowest BCUT2D eigenvalue weighted by molar-refractivity contribution is -0.0438. The highest BCUT2D eigenvalue weighted by molar-refractivity contribution is 7.92. The molecule has 0 N–H and O–H groups in total. The summed E-state index contributed by atoms with van der Waals surface area (Å²) in [5.74, 6) is -0.264. The molecule has 0 aromatic carbocycles. The maximum absolute atomic E-state index is 12.9. The maximum atomic E-state index is 12.9. The molecule has 180 valence electrons. The number of aromatic nitrogens is 9. The van der Waals surface area contributed by atoms with E-state index in [4.69, 9.17) is 0 Å². The second-order valence-corrected chi connectivity index (χ2v) is 11.0. The van der Waals surface area contributed by atoms with Gasteiger partial charge in [0.1, 0.15) is 11.2 Å². The molecule has 0 saturated carbocycles. The van der Waals surface area contributed by atoms with Gasteiger partial charge < -0.3 is 4.57 Å². The van der Waals surface area contributed by atoms with E-state index >= 15 is 0 Å². The highest BCUT2D eigenvalue weighted by Gasteiger charge is 2.48. The summed E-state index contributed by atoms with van der Waals surface area (Å²) in [4.78, 5) is 9.23. The van der Waals surface area contributed by atoms with E-state index in [1.807, 2.05) is 0 Å². The van der Waals surface area contributed by atoms with Crippen molar-refractivity contribution >= 4 is 30.8 Å². The van der Waals surface area contributed by atoms with E-state index in [2.05, 4.69) is 35.6 Å². The lowest BCUT2D eigenvalue weighted by atomic mass is 10.2. The van der Waals surface area contributed by atoms with Gasteiger partial charge in [0, 0.05) is 24.9 Å². The highest BCUT2D eigenvalue weighted by Crippen LogP contribution is 2.32. The van der Waals surface area contributed by atoms with E-state index in [0.29, 0.717) is 6.07 Å². The zero-order valence-electron chi connectivity index (χ0n) is 17.5. The second-order valence-electron chi connectivity index (χ2n) is 6.91. The van der Waals surface area contributed by atoms with E-state index < -0.39 is 30.2 Å². The molecule has 0 aliphatic rings. The minimum absolute atomic E-state index is 0.0857. The number of rotatable bonds is 5. The first-order chi connectivity index (χ1) is 15.8. The number of hydrogen-bond acceptors (Lipinski definition) is 11. The predicted molar refractivity (Wildman–Crippen MR) is 108 cm³/mol. The molecule has 0 fully saturated rings. The SMILES string of the molecule is CCS(=O)(=O)c1cc(-c2nnn(C)n2)cnc1-c1nc2cc(S(=O)(=O)C(F)(F)F)nnc2n1C. The van der Waals surface area contributed by atoms with Crippen LogP contribution in [0.25, 0.3) is 34.1 Å². The lowest BCUT2D eigenvalue weighted by Crippen LogP contribution is -2.24. The molecule has 4 aromatic heterocycles. The molecular weight excluding hydrogens is 503 g/mol. The topological polar surface area (TPSA) is 168 Å². The molecule has 34 heavy (non-hydrogen) atoms. The first-order valence-corrected chi connectivity index (χ1v) is 12.4. The van der Waals surface area contributed by atoms with Crippen LogP contribution in [-0.2, 0) is 33.8 Å². The Morgan fingerprint density at radius 2 is 1.74 bits per heavy atom. The second kappa shape index (κ2) is 7.76. The van der Waals surface area contributed by atoms with Crippen LogP contribution >= 0.6 is 0 Å². The van der Waals surface area contributed by atoms with Gasteiger partial charge in [-0.15, -0.1) is 20.4 Å². The third-order valence-electron chi connectivity index (χ3n) is 4.72. The molecule has 0 radical (unpaired) electrons. The number of sulfone groups is 2. The number of pyridine rings is 1. The van der Waals surface area contributed by atoms with Gasteiger partial charge in [0.25, 0.3) is 9.84 Å². The quantitative estimate of drug-likeness (QED) is 0.365. The van der Waals surface area contributed by atoms with Gasteiger partial charge in [-0.05, 0) is 11.3 Å². The van der Waals surface area contributed by atoms with Crippen LogP contribution in [0.4, 0.5) is 13.2 Å². The standard InChI is InChI=1S/C16H14F3N9O4S2/c1-4-33(29,30)10-5-8(13-23-26-28(3)25-13)7-20-12(10)15-21-9-6-11(22-24-14(9)27(15)2)34(31,32)16(17,18)19/h5-7H,4H2,1-3H3. The Balaban J connectivity index is 1.94. The summed E-state index contributed by atoms with van der Waals surface area (Å²) >= 11 is 0. The largest absolute Gasteiger partial charge is 0.503 e. The van der Waals surface area contributed by atoms with Crippen molar-refractivity contribution in [3.8, 4) is 22.9 Å². The number of imidazole rings is 1. The molecule has 18 heteroatoms. The van der Waals surface area contributed by atoms with Crippen molar-refractivity contribution in [1.29, 1.82) is 0 Å². The Morgan fingerprint density at radius 1 is 1.03 bits per heavy atom. The molecule has 0 saturated heterocycles. The fourth-order valence-corrected chi connectivity index (χ4v) is 4.67. The van der Waals surface area contributed by atoms with Crippen LogP contribution in [-0.4, -0.2) is 73.0 Å². The van der Waals surface area contributed by atoms with Crippen LogP contribution in [0.15, 0.2) is 28.3 Å². The van der Waals surface area contributed by atoms with E-state index in [-0.39, 0.29) is 44.7 Å². The molecule has 4 aromatic rings. The van der Waals surface area contributed by atoms with Gasteiger partial charge in [0.15, 0.2) is 26.3 Å². The van der Waals surface area contributed by atoms with Crippen LogP contribution < -0.4 is 0 Å². The molecule has 13 nitrogen and oxygen atoms in total. The highest BCUT2D eigenvalue weighted by atomic mass is 32.2. The Kier molecular flexibility index (Phi) is 5.39. The summed E-state index contributed by atoms with van der Waals surface area (Å²) in [5, 5.41) is 16.9. The van der Waals surface area contributed by atoms with Crippen molar-refractivity contribution in [2.24, 2.45) is 14.1 Å². The molecule has 0 bridgehead atoms. The maximum Gasteiger partial charge on any atom is 0.503 e. The lowest BCUT2D eigenvalue weighted by Gasteiger charge is -2.09. The van der Waals surface area contributed by atoms with Crippen molar-refractivity contribution < 1.29 is 30.0 Å². The Bertz CT molecular complexity index is 1640. The minimum atomic E-state index is -5.76. The van der Waals surface area contributed by atoms with E-state index in [9.17, 15) is 30.0 Å². The zero-order chi connectivity index (χ0) is 25.1. The van der Waals surface area contributed by atoms with Gasteiger partial charge in [-0.3, -0.25) is 4.98 Å². The minimum Gasteiger partial charge on any atom is -0.309 e. The number of tetrazole rings is 1. The smallest absolute Gasteiger partial charge is 0.309 e. The van der Waals surface area contributed by atoms with Crippen LogP contribution in [0, 0.1) is 0 Å². The van der Waals surface area contributed by atoms with Crippen molar-refractivity contribution in [3.63, 3.8) is 0 Å². The molecule has 0 spiro atoms. The molecule has 0 amide bonds. The van der Waals surface area contributed by atoms with Crippen LogP contribution in [0.5, 0.6) is 0 Å². The van der Waals surface area contributed by atoms with Gasteiger partial charge in [0.2, 0.25) is 5.82 Å². The normalized spacial score (nSPS) is 13.0. The molecule has 0 aliphatic heterocycles. The van der Waals surface area contributed by atoms with E-state index in [0.717, 1.165) is 0 Å².